The first-order valence-corrected chi connectivity index (χ1v) is 4.85. The van der Waals surface area contributed by atoms with E-state index in [1.807, 2.05) is 19.0 Å². The average Bonchev–Trinajstić information content (AvgIpc) is 2.20. The van der Waals surface area contributed by atoms with E-state index in [1.165, 1.54) is 13.2 Å². The van der Waals surface area contributed by atoms with Crippen molar-refractivity contribution >= 4 is 5.97 Å². The molecule has 0 aromatic carbocycles. The molecule has 0 spiro atoms. The average molecular weight is 280 g/mol. The van der Waals surface area contributed by atoms with Crippen molar-refractivity contribution in [2.24, 2.45) is 0 Å². The Morgan fingerprint density at radius 2 is 1.94 bits per heavy atom. The van der Waals surface area contributed by atoms with Crippen LogP contribution in [0.15, 0.2) is 11.8 Å². The summed E-state index contributed by atoms with van der Waals surface area (Å²) >= 11 is 0. The molecule has 0 atom stereocenters. The largest absolute Gasteiger partial charge is 0.687 e. The summed E-state index contributed by atoms with van der Waals surface area (Å²) in [4.78, 5) is 12.8. The molecule has 0 N–H and O–H groups in total. The van der Waals surface area contributed by atoms with Crippen LogP contribution in [0.25, 0.3) is 5.32 Å². The number of likely N-dealkylation sites (N-methyl/N-ethyl adjacent to an activating group) is 1. The molecule has 0 saturated heterocycles. The van der Waals surface area contributed by atoms with Crippen molar-refractivity contribution < 1.29 is 29.0 Å². The van der Waals surface area contributed by atoms with Gasteiger partial charge in [-0.05, 0) is 20.6 Å². The Hall–Kier alpha value is -0.407. The number of rotatable bonds is 5. The summed E-state index contributed by atoms with van der Waals surface area (Å²) in [5, 5.41) is 4.17. The predicted molar refractivity (Wildman–Crippen MR) is 63.6 cm³/mol. The molecule has 0 aliphatic carbocycles. The van der Waals surface area contributed by atoms with E-state index < -0.39 is 0 Å². The van der Waals surface area contributed by atoms with Gasteiger partial charge in [-0.3, -0.25) is 0 Å². The van der Waals surface area contributed by atoms with Gasteiger partial charge in [0.25, 0.3) is 0 Å². The van der Waals surface area contributed by atoms with Gasteiger partial charge in [0.1, 0.15) is 0 Å². The molecule has 0 heterocycles. The molecule has 0 rings (SSSR count). The summed E-state index contributed by atoms with van der Waals surface area (Å²) < 4.78 is 4.46. The first-order chi connectivity index (χ1) is 7.06. The Labute approximate surface area is 112 Å². The number of nitrogens with zero attached hydrogens (tertiary/aromatic N) is 2. The minimum atomic E-state index is -0.355. The van der Waals surface area contributed by atoms with E-state index in [-0.39, 0.29) is 25.4 Å². The maximum absolute atomic E-state index is 10.8. The fraction of sp³-hybridized carbons (Fsp3) is 0.636. The molecule has 0 unspecified atom stereocenters. The monoisotopic (exact) mass is 278 g/mol. The van der Waals surface area contributed by atoms with Crippen LogP contribution in [-0.4, -0.2) is 45.2 Å². The molecule has 0 radical (unpaired) electrons. The van der Waals surface area contributed by atoms with Gasteiger partial charge in [0.2, 0.25) is 0 Å². The molecular formula is C11H22N2O2Zn-2. The van der Waals surface area contributed by atoms with Crippen molar-refractivity contribution in [3.63, 3.8) is 0 Å². The Bertz CT molecular complexity index is 194. The third-order valence-electron chi connectivity index (χ3n) is 1.44. The van der Waals surface area contributed by atoms with Crippen molar-refractivity contribution in [3.05, 3.63) is 24.0 Å². The summed E-state index contributed by atoms with van der Waals surface area (Å²) in [7, 11) is 5.32. The zero-order chi connectivity index (χ0) is 12.3. The van der Waals surface area contributed by atoms with Crippen molar-refractivity contribution in [1.29, 1.82) is 0 Å². The van der Waals surface area contributed by atoms with Gasteiger partial charge in [0.15, 0.2) is 0 Å². The van der Waals surface area contributed by atoms with Crippen LogP contribution in [0.5, 0.6) is 0 Å². The Balaban J connectivity index is -0.000000529. The molecule has 0 fully saturated rings. The predicted octanol–water partition coefficient (Wildman–Crippen LogP) is 1.84. The van der Waals surface area contributed by atoms with Crippen LogP contribution in [0.3, 0.4) is 0 Å². The maximum Gasteiger partial charge on any atom is 0.328 e. The van der Waals surface area contributed by atoms with E-state index in [4.69, 9.17) is 0 Å². The molecule has 0 bridgehead atoms. The Morgan fingerprint density at radius 3 is 2.31 bits per heavy atom. The van der Waals surface area contributed by atoms with E-state index in [1.54, 1.807) is 13.8 Å². The molecule has 0 aromatic rings. The van der Waals surface area contributed by atoms with Crippen molar-refractivity contribution in [3.8, 4) is 0 Å². The quantitative estimate of drug-likeness (QED) is 0.334. The van der Waals surface area contributed by atoms with E-state index in [0.29, 0.717) is 12.2 Å². The van der Waals surface area contributed by atoms with Gasteiger partial charge in [0, 0.05) is 25.6 Å². The number of allylic oxidation sites excluding steroid dienone is 1. The number of ether oxygens (including phenoxy) is 1. The van der Waals surface area contributed by atoms with Gasteiger partial charge in [0.05, 0.1) is 7.11 Å². The smallest absolute Gasteiger partial charge is 0.328 e. The molecule has 92 valence electrons. The van der Waals surface area contributed by atoms with Gasteiger partial charge in [-0.25, -0.2) is 4.79 Å². The first kappa shape index (κ1) is 20.9. The maximum atomic E-state index is 10.8. The van der Waals surface area contributed by atoms with E-state index in [0.717, 1.165) is 6.54 Å². The van der Waals surface area contributed by atoms with Crippen LogP contribution >= 0.6 is 0 Å². The van der Waals surface area contributed by atoms with Gasteiger partial charge in [-0.15, -0.1) is 6.54 Å². The van der Waals surface area contributed by atoms with Crippen molar-refractivity contribution in [2.45, 2.75) is 13.8 Å². The number of hydrogen-bond donors (Lipinski definition) is 0. The SMILES string of the molecule is COC(=O)C=C(C)[N-]CCN(C)C.[CH2-]C.[Zn]. The molecule has 0 aromatic heterocycles. The fourth-order valence-corrected chi connectivity index (χ4v) is 0.701. The second kappa shape index (κ2) is 14.6. The molecule has 0 saturated carbocycles. The van der Waals surface area contributed by atoms with Gasteiger partial charge in [-0.2, -0.15) is 12.6 Å². The van der Waals surface area contributed by atoms with Crippen molar-refractivity contribution in [1.82, 2.24) is 4.90 Å². The Kier molecular flexibility index (Phi) is 19.1. The molecule has 16 heavy (non-hydrogen) atoms. The molecule has 0 amide bonds. The summed E-state index contributed by atoms with van der Waals surface area (Å²) in [6.45, 7) is 8.37. The van der Waals surface area contributed by atoms with Gasteiger partial charge >= 0.3 is 5.97 Å². The minimum Gasteiger partial charge on any atom is -0.687 e. The number of esters is 1. The van der Waals surface area contributed by atoms with Crippen LogP contribution in [0.4, 0.5) is 0 Å². The van der Waals surface area contributed by atoms with E-state index >= 15 is 0 Å². The third-order valence-corrected chi connectivity index (χ3v) is 1.44. The molecule has 5 heteroatoms. The van der Waals surface area contributed by atoms with Crippen molar-refractivity contribution in [2.75, 3.05) is 34.3 Å². The third kappa shape index (κ3) is 16.0. The number of methoxy groups -OCH3 is 1. The zero-order valence-electron chi connectivity index (χ0n) is 11.1. The van der Waals surface area contributed by atoms with Gasteiger partial charge in [-0.1, -0.05) is 6.92 Å². The number of carbonyl (C=O) groups is 1. The van der Waals surface area contributed by atoms with Crippen LogP contribution in [0.2, 0.25) is 0 Å². The Morgan fingerprint density at radius 1 is 1.44 bits per heavy atom. The first-order valence-electron chi connectivity index (χ1n) is 4.85. The van der Waals surface area contributed by atoms with Crippen LogP contribution < -0.4 is 0 Å². The normalized spacial score (nSPS) is 9.81. The van der Waals surface area contributed by atoms with Gasteiger partial charge < -0.3 is 21.9 Å². The van der Waals surface area contributed by atoms with E-state index in [9.17, 15) is 4.79 Å². The topological polar surface area (TPSA) is 43.6 Å². The second-order valence-electron chi connectivity index (χ2n) is 2.99. The molecule has 0 aliphatic heterocycles. The summed E-state index contributed by atoms with van der Waals surface area (Å²) in [6.07, 6.45) is 1.38. The zero-order valence-corrected chi connectivity index (χ0v) is 14.1. The standard InChI is InChI=1S/C9H18N2O2.C2H5.Zn/c1-8(7-9(12)13-4)10-5-6-11(2)3;1-2;/h7H,5-6H2,1-4H3,(H,10,12);1H2,2H3;/q;-1;/p-1. The van der Waals surface area contributed by atoms with Crippen LogP contribution in [0, 0.1) is 6.92 Å². The minimum absolute atomic E-state index is 0. The van der Waals surface area contributed by atoms with Crippen LogP contribution in [0.1, 0.15) is 13.8 Å². The molecule has 4 nitrogen and oxygen atoms in total. The fourth-order valence-electron chi connectivity index (χ4n) is 0.701. The summed E-state index contributed by atoms with van der Waals surface area (Å²) in [5.74, 6) is -0.355. The van der Waals surface area contributed by atoms with Crippen LogP contribution in [-0.2, 0) is 29.0 Å². The van der Waals surface area contributed by atoms with E-state index in [2.05, 4.69) is 17.0 Å². The molecule has 0 aliphatic rings. The summed E-state index contributed by atoms with van der Waals surface area (Å²) in [5.41, 5.74) is 0.703. The molecular weight excluding hydrogens is 258 g/mol. The second-order valence-corrected chi connectivity index (χ2v) is 2.99. The number of hydrogen-bond acceptors (Lipinski definition) is 3. The number of carbonyl (C=O) groups excluding carboxylic acids is 1. The summed E-state index contributed by atoms with van der Waals surface area (Å²) in [6, 6.07) is 0.